The lowest BCUT2D eigenvalue weighted by Crippen LogP contribution is -2.06. The summed E-state index contributed by atoms with van der Waals surface area (Å²) in [6.45, 7) is 8.56. The van der Waals surface area contributed by atoms with Gasteiger partial charge in [0.1, 0.15) is 0 Å². The van der Waals surface area contributed by atoms with Gasteiger partial charge >= 0.3 is 0 Å². The third-order valence-electron chi connectivity index (χ3n) is 3.28. The normalized spacial score (nSPS) is 32.5. The molecule has 1 aliphatic rings. The SMILES string of the molecule is CC(C)=CCC[C@H](C)CC1CC1(C)O. The topological polar surface area (TPSA) is 20.2 Å². The van der Waals surface area contributed by atoms with E-state index in [0.29, 0.717) is 5.92 Å². The number of hydrogen-bond donors (Lipinski definition) is 1. The standard InChI is InChI=1S/C13H24O/c1-10(2)6-5-7-11(3)8-12-9-13(12,4)14/h6,11-12,14H,5,7-9H2,1-4H3/t11-,12?,13?/m0/s1. The van der Waals surface area contributed by atoms with E-state index >= 15 is 0 Å². The summed E-state index contributed by atoms with van der Waals surface area (Å²) in [5, 5.41) is 9.64. The van der Waals surface area contributed by atoms with Gasteiger partial charge in [0.05, 0.1) is 5.60 Å². The van der Waals surface area contributed by atoms with Gasteiger partial charge in [-0.3, -0.25) is 0 Å². The smallest absolute Gasteiger partial charge is 0.0652 e. The van der Waals surface area contributed by atoms with Crippen molar-refractivity contribution in [1.82, 2.24) is 0 Å². The van der Waals surface area contributed by atoms with Gasteiger partial charge in [-0.1, -0.05) is 18.6 Å². The zero-order valence-corrected chi connectivity index (χ0v) is 10.0. The predicted molar refractivity (Wildman–Crippen MR) is 61.2 cm³/mol. The Bertz CT molecular complexity index is 211. The van der Waals surface area contributed by atoms with Gasteiger partial charge in [0.2, 0.25) is 0 Å². The van der Waals surface area contributed by atoms with Crippen molar-refractivity contribution >= 4 is 0 Å². The molecule has 0 aromatic heterocycles. The number of allylic oxidation sites excluding steroid dienone is 2. The van der Waals surface area contributed by atoms with E-state index in [1.807, 2.05) is 6.92 Å². The first-order valence-electron chi connectivity index (χ1n) is 5.77. The van der Waals surface area contributed by atoms with Crippen LogP contribution in [0.2, 0.25) is 0 Å². The van der Waals surface area contributed by atoms with Crippen LogP contribution in [0.1, 0.15) is 53.4 Å². The molecular weight excluding hydrogens is 172 g/mol. The molecular formula is C13H24O. The molecule has 0 bridgehead atoms. The highest BCUT2D eigenvalue weighted by molar-refractivity contribution is 5.00. The maximum absolute atomic E-state index is 9.64. The summed E-state index contributed by atoms with van der Waals surface area (Å²) in [5.74, 6) is 1.33. The Balaban J connectivity index is 2.11. The fourth-order valence-corrected chi connectivity index (χ4v) is 2.04. The molecule has 1 rings (SSSR count). The van der Waals surface area contributed by atoms with Crippen LogP contribution in [0.4, 0.5) is 0 Å². The summed E-state index contributed by atoms with van der Waals surface area (Å²) in [6.07, 6.45) is 6.97. The third-order valence-corrected chi connectivity index (χ3v) is 3.28. The molecule has 14 heavy (non-hydrogen) atoms. The summed E-state index contributed by atoms with van der Waals surface area (Å²) in [5.41, 5.74) is 1.08. The third kappa shape index (κ3) is 3.83. The minimum absolute atomic E-state index is 0.329. The van der Waals surface area contributed by atoms with Crippen molar-refractivity contribution in [3.8, 4) is 0 Å². The highest BCUT2D eigenvalue weighted by atomic mass is 16.3. The first-order valence-corrected chi connectivity index (χ1v) is 5.77. The molecule has 2 unspecified atom stereocenters. The molecule has 0 aromatic carbocycles. The lowest BCUT2D eigenvalue weighted by Gasteiger charge is -2.10. The quantitative estimate of drug-likeness (QED) is 0.667. The van der Waals surface area contributed by atoms with Crippen LogP contribution in [0.5, 0.6) is 0 Å². The molecule has 1 fully saturated rings. The van der Waals surface area contributed by atoms with E-state index in [0.717, 1.165) is 12.3 Å². The maximum Gasteiger partial charge on any atom is 0.0652 e. The van der Waals surface area contributed by atoms with Crippen molar-refractivity contribution in [2.24, 2.45) is 11.8 Å². The lowest BCUT2D eigenvalue weighted by molar-refractivity contribution is 0.145. The first-order chi connectivity index (χ1) is 6.42. The second-order valence-corrected chi connectivity index (χ2v) is 5.46. The van der Waals surface area contributed by atoms with Gasteiger partial charge in [-0.15, -0.1) is 0 Å². The highest BCUT2D eigenvalue weighted by Gasteiger charge is 2.48. The summed E-state index contributed by atoms with van der Waals surface area (Å²) in [7, 11) is 0. The molecule has 3 atom stereocenters. The van der Waals surface area contributed by atoms with Gasteiger partial charge in [-0.05, 0) is 58.3 Å². The second-order valence-electron chi connectivity index (χ2n) is 5.46. The van der Waals surface area contributed by atoms with E-state index in [1.54, 1.807) is 0 Å². The van der Waals surface area contributed by atoms with Gasteiger partial charge in [-0.2, -0.15) is 0 Å². The Labute approximate surface area is 88.2 Å². The molecule has 1 aliphatic carbocycles. The van der Waals surface area contributed by atoms with Crippen molar-refractivity contribution in [1.29, 1.82) is 0 Å². The molecule has 0 aliphatic heterocycles. The summed E-state index contributed by atoms with van der Waals surface area (Å²) in [4.78, 5) is 0. The van der Waals surface area contributed by atoms with E-state index in [9.17, 15) is 5.11 Å². The molecule has 0 spiro atoms. The number of hydrogen-bond acceptors (Lipinski definition) is 1. The Morgan fingerprint density at radius 2 is 2.14 bits per heavy atom. The van der Waals surface area contributed by atoms with Gasteiger partial charge in [0, 0.05) is 0 Å². The van der Waals surface area contributed by atoms with Crippen LogP contribution in [0, 0.1) is 11.8 Å². The van der Waals surface area contributed by atoms with E-state index < -0.39 is 0 Å². The Morgan fingerprint density at radius 1 is 1.57 bits per heavy atom. The van der Waals surface area contributed by atoms with Crippen LogP contribution < -0.4 is 0 Å². The summed E-state index contributed by atoms with van der Waals surface area (Å²) >= 11 is 0. The molecule has 0 amide bonds. The van der Waals surface area contributed by atoms with Crippen LogP contribution in [-0.4, -0.2) is 10.7 Å². The van der Waals surface area contributed by atoms with Crippen molar-refractivity contribution < 1.29 is 5.11 Å². The minimum atomic E-state index is -0.329. The van der Waals surface area contributed by atoms with Crippen molar-refractivity contribution in [3.05, 3.63) is 11.6 Å². The lowest BCUT2D eigenvalue weighted by atomic mass is 9.97. The van der Waals surface area contributed by atoms with Crippen LogP contribution in [0.25, 0.3) is 0 Å². The molecule has 1 heteroatoms. The van der Waals surface area contributed by atoms with Crippen molar-refractivity contribution in [2.75, 3.05) is 0 Å². The van der Waals surface area contributed by atoms with E-state index in [2.05, 4.69) is 26.8 Å². The molecule has 1 nitrogen and oxygen atoms in total. The average Bonchev–Trinajstić information content (AvgIpc) is 2.57. The second kappa shape index (κ2) is 4.48. The molecule has 82 valence electrons. The molecule has 0 heterocycles. The molecule has 1 saturated carbocycles. The summed E-state index contributed by atoms with van der Waals surface area (Å²) < 4.78 is 0. The molecule has 1 N–H and O–H groups in total. The van der Waals surface area contributed by atoms with E-state index in [-0.39, 0.29) is 5.60 Å². The van der Waals surface area contributed by atoms with Gasteiger partial charge in [-0.25, -0.2) is 0 Å². The summed E-state index contributed by atoms with van der Waals surface area (Å²) in [6, 6.07) is 0. The monoisotopic (exact) mass is 196 g/mol. The number of rotatable bonds is 5. The maximum atomic E-state index is 9.64. The first kappa shape index (κ1) is 11.8. The van der Waals surface area contributed by atoms with E-state index in [1.165, 1.54) is 24.8 Å². The molecule has 0 saturated heterocycles. The minimum Gasteiger partial charge on any atom is -0.390 e. The van der Waals surface area contributed by atoms with Crippen molar-refractivity contribution in [3.63, 3.8) is 0 Å². The van der Waals surface area contributed by atoms with Crippen LogP contribution >= 0.6 is 0 Å². The van der Waals surface area contributed by atoms with Crippen LogP contribution in [-0.2, 0) is 0 Å². The van der Waals surface area contributed by atoms with Crippen LogP contribution in [0.15, 0.2) is 11.6 Å². The average molecular weight is 196 g/mol. The largest absolute Gasteiger partial charge is 0.390 e. The van der Waals surface area contributed by atoms with Gasteiger partial charge in [0.15, 0.2) is 0 Å². The zero-order valence-electron chi connectivity index (χ0n) is 10.0. The van der Waals surface area contributed by atoms with Gasteiger partial charge in [0.25, 0.3) is 0 Å². The Hall–Kier alpha value is -0.300. The zero-order chi connectivity index (χ0) is 10.8. The predicted octanol–water partition coefficient (Wildman–Crippen LogP) is 3.53. The van der Waals surface area contributed by atoms with E-state index in [4.69, 9.17) is 0 Å². The fraction of sp³-hybridized carbons (Fsp3) is 0.846. The molecule has 0 aromatic rings. The molecule has 0 radical (unpaired) electrons. The highest BCUT2D eigenvalue weighted by Crippen LogP contribution is 2.47. The van der Waals surface area contributed by atoms with Gasteiger partial charge < -0.3 is 5.11 Å². The Morgan fingerprint density at radius 3 is 2.57 bits per heavy atom. The Kier molecular flexibility index (Phi) is 3.77. The fourth-order valence-electron chi connectivity index (χ4n) is 2.04. The number of aliphatic hydroxyl groups is 1. The van der Waals surface area contributed by atoms with Crippen molar-refractivity contribution in [2.45, 2.75) is 59.0 Å². The van der Waals surface area contributed by atoms with Crippen LogP contribution in [0.3, 0.4) is 0 Å².